The average Bonchev–Trinajstić information content (AvgIpc) is 3.75. The van der Waals surface area contributed by atoms with Gasteiger partial charge in [-0.15, -0.1) is 0 Å². The van der Waals surface area contributed by atoms with Crippen molar-refractivity contribution in [2.24, 2.45) is 0 Å². The fourth-order valence-electron chi connectivity index (χ4n) is 5.74. The topological polar surface area (TPSA) is 282 Å². The zero-order valence-corrected chi connectivity index (χ0v) is 23.9. The molecule has 2 aliphatic rings. The molecule has 4 aromatic rings. The molecule has 0 bridgehead atoms. The second-order valence-corrected chi connectivity index (χ2v) is 11.0. The lowest BCUT2D eigenvalue weighted by Gasteiger charge is -2.41. The molecule has 6 heterocycles. The zero-order chi connectivity index (χ0) is 34.9. The number of nitrogens with one attached hydrogen (secondary N) is 4. The van der Waals surface area contributed by atoms with E-state index in [9.17, 15) is 51.3 Å². The minimum atomic E-state index is -6.11. The van der Waals surface area contributed by atoms with Crippen LogP contribution in [0.4, 0.5) is 38.2 Å². The van der Waals surface area contributed by atoms with Gasteiger partial charge in [-0.1, -0.05) is 0 Å². The van der Waals surface area contributed by atoms with E-state index in [0.29, 0.717) is 0 Å². The highest BCUT2D eigenvalue weighted by Gasteiger charge is 2.72. The first-order chi connectivity index (χ1) is 22.5. The van der Waals surface area contributed by atoms with Crippen molar-refractivity contribution in [3.63, 3.8) is 0 Å². The molecule has 0 radical (unpaired) electrons. The molecule has 0 unspecified atom stereocenters. The second-order valence-electron chi connectivity index (χ2n) is 11.0. The summed E-state index contributed by atoms with van der Waals surface area (Å²) in [6, 6.07) is -1.84. The van der Waals surface area contributed by atoms with Crippen molar-refractivity contribution < 1.29 is 51.1 Å². The Balaban J connectivity index is 1.27. The number of H-pyrrole nitrogens is 2. The molecule has 11 N–H and O–H groups in total. The summed E-state index contributed by atoms with van der Waals surface area (Å²) in [7, 11) is 0. The smallest absolute Gasteiger partial charge is 0.394 e. The van der Waals surface area contributed by atoms with Crippen LogP contribution in [-0.2, 0) is 9.47 Å². The molecule has 0 aliphatic carbocycles. The normalized spacial score (nSPS) is 27.1. The number of halogens is 6. The maximum Gasteiger partial charge on any atom is 0.429 e. The van der Waals surface area contributed by atoms with Gasteiger partial charge in [0.1, 0.15) is 24.5 Å². The van der Waals surface area contributed by atoms with Gasteiger partial charge in [-0.2, -0.15) is 36.3 Å². The van der Waals surface area contributed by atoms with Crippen LogP contribution < -0.4 is 33.2 Å². The first kappa shape index (κ1) is 33.5. The van der Waals surface area contributed by atoms with Crippen molar-refractivity contribution in [3.05, 3.63) is 33.4 Å². The molecule has 0 amide bonds. The number of alkyl halides is 6. The van der Waals surface area contributed by atoms with E-state index in [1.54, 1.807) is 0 Å². The van der Waals surface area contributed by atoms with Crippen LogP contribution in [0.3, 0.4) is 0 Å². The number of aromatic nitrogens is 8. The van der Waals surface area contributed by atoms with Crippen LogP contribution in [0.1, 0.15) is 18.9 Å². The predicted molar refractivity (Wildman–Crippen MR) is 146 cm³/mol. The van der Waals surface area contributed by atoms with E-state index in [2.05, 4.69) is 29.9 Å². The van der Waals surface area contributed by atoms with Crippen LogP contribution in [0.2, 0.25) is 0 Å². The molecule has 0 aromatic carbocycles. The molecule has 19 nitrogen and oxygen atoms in total. The van der Waals surface area contributed by atoms with Crippen molar-refractivity contribution in [1.82, 2.24) is 49.7 Å². The lowest BCUT2D eigenvalue weighted by Crippen LogP contribution is -2.77. The highest BCUT2D eigenvalue weighted by molar-refractivity contribution is 5.71. The standard InChI is InChI=1S/C23H26F6N12O7/c24-22(25,26)21(23(27,28)29,39-6-1-9(47-8(6)3-42)40-4-32-10-14(40)35-19(30)37-16(10)45)34-2-7-12(43)13(44)18(48-7)41-5-33-11-15(41)36-20(31)38-17(11)46/h4-9,12-13,18,34,39,42-44H,1-3H2,(H3,30,35,37,45)(H3,31,36,38,46)/t6-,7+,8+,9+,12+,13-,18+/m0/s1. The van der Waals surface area contributed by atoms with Gasteiger partial charge in [-0.3, -0.25) is 39.3 Å². The Morgan fingerprint density at radius 1 is 0.875 bits per heavy atom. The number of nitrogens with two attached hydrogens (primary N) is 2. The largest absolute Gasteiger partial charge is 0.429 e. The monoisotopic (exact) mass is 696 g/mol. The fourth-order valence-corrected chi connectivity index (χ4v) is 5.74. The summed E-state index contributed by atoms with van der Waals surface area (Å²) < 4.78 is 100. The van der Waals surface area contributed by atoms with Gasteiger partial charge in [-0.25, -0.2) is 9.97 Å². The van der Waals surface area contributed by atoms with Crippen LogP contribution in [-0.4, -0.2) is 116 Å². The number of aromatic amines is 2. The Morgan fingerprint density at radius 3 is 1.96 bits per heavy atom. The van der Waals surface area contributed by atoms with E-state index in [0.717, 1.165) is 21.8 Å². The van der Waals surface area contributed by atoms with Crippen LogP contribution in [0.15, 0.2) is 22.2 Å². The molecule has 25 heteroatoms. The molecule has 0 saturated carbocycles. The third kappa shape index (κ3) is 5.41. The summed E-state index contributed by atoms with van der Waals surface area (Å²) in [5, 5.41) is 34.0. The maximum atomic E-state index is 14.6. The van der Waals surface area contributed by atoms with Gasteiger partial charge in [0.05, 0.1) is 25.4 Å². The van der Waals surface area contributed by atoms with E-state index in [1.807, 2.05) is 0 Å². The van der Waals surface area contributed by atoms with Gasteiger partial charge in [-0.05, 0) is 0 Å². The number of imidazole rings is 2. The first-order valence-corrected chi connectivity index (χ1v) is 13.8. The van der Waals surface area contributed by atoms with Crippen LogP contribution >= 0.6 is 0 Å². The molecular formula is C23H26F6N12O7. The number of fused-ring (bicyclic) bond motifs is 2. The quantitative estimate of drug-likeness (QED) is 0.0691. The van der Waals surface area contributed by atoms with Crippen molar-refractivity contribution in [3.8, 4) is 0 Å². The second kappa shape index (κ2) is 11.6. The Bertz CT molecular complexity index is 1930. The summed E-state index contributed by atoms with van der Waals surface area (Å²) in [6.07, 6.45) is -21.4. The Hall–Kier alpha value is -4.40. The molecule has 2 fully saturated rings. The molecule has 0 spiro atoms. The van der Waals surface area contributed by atoms with Gasteiger partial charge < -0.3 is 36.3 Å². The van der Waals surface area contributed by atoms with E-state index in [1.165, 1.54) is 10.6 Å². The Morgan fingerprint density at radius 2 is 1.42 bits per heavy atom. The lowest BCUT2D eigenvalue weighted by atomic mass is 10.0. The van der Waals surface area contributed by atoms with Crippen molar-refractivity contribution in [2.75, 3.05) is 24.6 Å². The molecule has 2 saturated heterocycles. The number of rotatable bonds is 8. The third-order valence-corrected chi connectivity index (χ3v) is 8.06. The number of hydrogen-bond acceptors (Lipinski definition) is 15. The van der Waals surface area contributed by atoms with Crippen LogP contribution in [0.25, 0.3) is 22.3 Å². The molecule has 48 heavy (non-hydrogen) atoms. The summed E-state index contributed by atoms with van der Waals surface area (Å²) in [5.41, 5.74) is 3.71. The number of aliphatic hydroxyl groups excluding tert-OH is 3. The van der Waals surface area contributed by atoms with Gasteiger partial charge in [0.15, 0.2) is 28.6 Å². The lowest BCUT2D eigenvalue weighted by molar-refractivity contribution is -0.321. The number of aliphatic hydroxyl groups is 3. The highest BCUT2D eigenvalue weighted by atomic mass is 19.4. The highest BCUT2D eigenvalue weighted by Crippen LogP contribution is 2.44. The Labute approximate surface area is 260 Å². The van der Waals surface area contributed by atoms with Crippen molar-refractivity contribution >= 4 is 34.2 Å². The molecule has 4 aromatic heterocycles. The van der Waals surface area contributed by atoms with Gasteiger partial charge in [0.25, 0.3) is 16.8 Å². The predicted octanol–water partition coefficient (Wildman–Crippen LogP) is -2.32. The number of hydrogen-bond donors (Lipinski definition) is 9. The number of nitrogens with zero attached hydrogens (tertiary/aromatic N) is 6. The van der Waals surface area contributed by atoms with E-state index in [-0.39, 0.29) is 34.2 Å². The minimum absolute atomic E-state index is 0.178. The molecular weight excluding hydrogens is 670 g/mol. The van der Waals surface area contributed by atoms with E-state index < -0.39 is 91.6 Å². The third-order valence-electron chi connectivity index (χ3n) is 8.06. The van der Waals surface area contributed by atoms with Crippen LogP contribution in [0.5, 0.6) is 0 Å². The maximum absolute atomic E-state index is 14.6. The summed E-state index contributed by atoms with van der Waals surface area (Å²) in [5.74, 6) is -0.724. The molecule has 7 atom stereocenters. The SMILES string of the molecule is Nc1nc2c(ncn2[C@@H]2O[C@H](CNC(N[C@H]3C[C@H](n4cnc5c(=O)[nH]c(N)nc54)O[C@@H]3CO)(C(F)(F)F)C(F)(F)F)[C@@H](O)[C@@H]2O)c(=O)[nH]1. The van der Waals surface area contributed by atoms with E-state index >= 15 is 0 Å². The number of anilines is 2. The molecule has 262 valence electrons. The van der Waals surface area contributed by atoms with Gasteiger partial charge in [0, 0.05) is 19.0 Å². The first-order valence-electron chi connectivity index (χ1n) is 13.8. The molecule has 2 aliphatic heterocycles. The fraction of sp³-hybridized carbons (Fsp3) is 0.565. The number of nitrogen functional groups attached to an aromatic ring is 2. The average molecular weight is 697 g/mol. The summed E-state index contributed by atoms with van der Waals surface area (Å²) in [6.45, 7) is -2.37. The van der Waals surface area contributed by atoms with E-state index in [4.69, 9.17) is 20.9 Å². The van der Waals surface area contributed by atoms with Gasteiger partial charge in [0.2, 0.25) is 11.9 Å². The Kier molecular flexibility index (Phi) is 8.12. The van der Waals surface area contributed by atoms with Crippen LogP contribution in [0, 0.1) is 0 Å². The molecule has 6 rings (SSSR count). The van der Waals surface area contributed by atoms with Crippen molar-refractivity contribution in [2.45, 2.75) is 67.3 Å². The minimum Gasteiger partial charge on any atom is -0.394 e. The van der Waals surface area contributed by atoms with Gasteiger partial charge >= 0.3 is 12.4 Å². The summed E-state index contributed by atoms with van der Waals surface area (Å²) >= 11 is 0. The van der Waals surface area contributed by atoms with Crippen molar-refractivity contribution in [1.29, 1.82) is 0 Å². The summed E-state index contributed by atoms with van der Waals surface area (Å²) in [4.78, 5) is 44.0. The zero-order valence-electron chi connectivity index (χ0n) is 23.9. The number of ether oxygens (including phenoxy) is 2.